The minimum Gasteiger partial charge on any atom is -0.248 e. The van der Waals surface area contributed by atoms with Gasteiger partial charge in [-0.25, -0.2) is 4.98 Å². The Hall–Kier alpha value is -7.09. The van der Waals surface area contributed by atoms with Crippen LogP contribution in [-0.2, 0) is 0 Å². The lowest BCUT2D eigenvalue weighted by Crippen LogP contribution is -1.91. The number of rotatable bonds is 8. The van der Waals surface area contributed by atoms with Crippen molar-refractivity contribution in [3.05, 3.63) is 224 Å². The first-order valence-corrected chi connectivity index (χ1v) is 18.4. The molecule has 0 saturated heterocycles. The molecule has 54 heavy (non-hydrogen) atoms. The van der Waals surface area contributed by atoms with Gasteiger partial charge in [0.05, 0.1) is 11.4 Å². The Labute approximate surface area is 317 Å². The second-order valence-electron chi connectivity index (χ2n) is 13.6. The second-order valence-corrected chi connectivity index (χ2v) is 13.6. The summed E-state index contributed by atoms with van der Waals surface area (Å²) >= 11 is 0. The predicted molar refractivity (Wildman–Crippen MR) is 228 cm³/mol. The maximum Gasteiger partial charge on any atom is 0.0715 e. The summed E-state index contributed by atoms with van der Waals surface area (Å²) < 4.78 is 0. The van der Waals surface area contributed by atoms with Gasteiger partial charge in [-0.3, -0.25) is 0 Å². The zero-order chi connectivity index (χ0) is 36.1. The Morgan fingerprint density at radius 3 is 0.796 bits per heavy atom. The van der Waals surface area contributed by atoms with Crippen LogP contribution in [-0.4, -0.2) is 4.98 Å². The van der Waals surface area contributed by atoms with Crippen molar-refractivity contribution in [2.24, 2.45) is 0 Å². The number of benzene rings is 8. The molecule has 9 rings (SSSR count). The first kappa shape index (κ1) is 32.8. The smallest absolute Gasteiger partial charge is 0.0715 e. The summed E-state index contributed by atoms with van der Waals surface area (Å²) in [6.07, 6.45) is 0. The van der Waals surface area contributed by atoms with Gasteiger partial charge >= 0.3 is 0 Å². The predicted octanol–water partition coefficient (Wildman–Crippen LogP) is 14.4. The van der Waals surface area contributed by atoms with Crippen molar-refractivity contribution in [1.29, 1.82) is 0 Å². The highest BCUT2D eigenvalue weighted by Crippen LogP contribution is 2.36. The van der Waals surface area contributed by atoms with Crippen LogP contribution < -0.4 is 0 Å². The average molecular weight is 688 g/mol. The lowest BCUT2D eigenvalue weighted by atomic mass is 9.92. The van der Waals surface area contributed by atoms with Crippen LogP contribution >= 0.6 is 0 Å². The van der Waals surface area contributed by atoms with Crippen molar-refractivity contribution in [2.75, 3.05) is 0 Å². The van der Waals surface area contributed by atoms with E-state index in [9.17, 15) is 0 Å². The molecule has 254 valence electrons. The minimum absolute atomic E-state index is 0.964. The highest BCUT2D eigenvalue weighted by atomic mass is 14.7. The zero-order valence-corrected chi connectivity index (χ0v) is 29.8. The third kappa shape index (κ3) is 7.04. The maximum atomic E-state index is 5.09. The molecule has 0 N–H and O–H groups in total. The quantitative estimate of drug-likeness (QED) is 0.155. The molecule has 0 fully saturated rings. The molecular formula is C53H37N. The van der Waals surface area contributed by atoms with Gasteiger partial charge in [0.2, 0.25) is 0 Å². The van der Waals surface area contributed by atoms with Gasteiger partial charge in [0, 0.05) is 11.1 Å². The van der Waals surface area contributed by atoms with Crippen LogP contribution in [0, 0.1) is 0 Å². The maximum absolute atomic E-state index is 5.09. The molecule has 0 aliphatic carbocycles. The molecule has 0 unspecified atom stereocenters. The fourth-order valence-electron chi connectivity index (χ4n) is 7.21. The van der Waals surface area contributed by atoms with Crippen LogP contribution in [0.5, 0.6) is 0 Å². The summed E-state index contributed by atoms with van der Waals surface area (Å²) in [6.45, 7) is 0. The van der Waals surface area contributed by atoms with E-state index in [2.05, 4.69) is 212 Å². The van der Waals surface area contributed by atoms with Gasteiger partial charge in [0.15, 0.2) is 0 Å². The van der Waals surface area contributed by atoms with E-state index in [0.29, 0.717) is 0 Å². The molecule has 0 atom stereocenters. The molecule has 0 aliphatic rings. The lowest BCUT2D eigenvalue weighted by Gasteiger charge is -2.13. The molecule has 0 aliphatic heterocycles. The van der Waals surface area contributed by atoms with Crippen molar-refractivity contribution >= 4 is 0 Å². The molecule has 1 aromatic heterocycles. The van der Waals surface area contributed by atoms with Crippen molar-refractivity contribution in [3.63, 3.8) is 0 Å². The standard InChI is InChI=1S/C53H37N/c1-5-15-38(16-6-1)48-33-49(39-17-7-2-8-18-39)35-50(34-48)41-29-27-40(28-30-41)44-23-13-24-45(31-44)46-25-14-26-47(32-46)51-36-52(42-19-9-3-10-20-42)54-53(37-51)43-21-11-4-12-22-43/h1-37H. The molecule has 9 aromatic rings. The van der Waals surface area contributed by atoms with Crippen LogP contribution in [0.15, 0.2) is 224 Å². The summed E-state index contributed by atoms with van der Waals surface area (Å²) in [5, 5.41) is 0. The number of hydrogen-bond donors (Lipinski definition) is 0. The average Bonchev–Trinajstić information content (AvgIpc) is 3.27. The monoisotopic (exact) mass is 687 g/mol. The normalized spacial score (nSPS) is 11.0. The molecule has 0 saturated carbocycles. The number of hydrogen-bond acceptors (Lipinski definition) is 1. The van der Waals surface area contributed by atoms with Gasteiger partial charge in [-0.15, -0.1) is 0 Å². The number of aromatic nitrogens is 1. The van der Waals surface area contributed by atoms with Gasteiger partial charge in [-0.2, -0.15) is 0 Å². The summed E-state index contributed by atoms with van der Waals surface area (Å²) in [4.78, 5) is 5.09. The zero-order valence-electron chi connectivity index (χ0n) is 29.8. The molecule has 0 amide bonds. The van der Waals surface area contributed by atoms with E-state index < -0.39 is 0 Å². The summed E-state index contributed by atoms with van der Waals surface area (Å²) in [6, 6.07) is 80.2. The molecule has 0 bridgehead atoms. The summed E-state index contributed by atoms with van der Waals surface area (Å²) in [5.41, 5.74) is 18.4. The molecule has 8 aromatic carbocycles. The summed E-state index contributed by atoms with van der Waals surface area (Å²) in [7, 11) is 0. The SMILES string of the molecule is c1ccc(-c2cc(-c3ccccc3)cc(-c3ccc(-c4cccc(-c5cccc(-c6cc(-c7ccccc7)nc(-c7ccccc7)c6)c5)c4)cc3)c2)cc1. The fourth-order valence-corrected chi connectivity index (χ4v) is 7.21. The van der Waals surface area contributed by atoms with E-state index in [4.69, 9.17) is 4.98 Å². The van der Waals surface area contributed by atoms with E-state index in [1.54, 1.807) is 0 Å². The second kappa shape index (κ2) is 14.9. The van der Waals surface area contributed by atoms with Crippen molar-refractivity contribution < 1.29 is 0 Å². The van der Waals surface area contributed by atoms with Gasteiger partial charge < -0.3 is 0 Å². The molecular weight excluding hydrogens is 651 g/mol. The van der Waals surface area contributed by atoms with Gasteiger partial charge in [-0.1, -0.05) is 182 Å². The lowest BCUT2D eigenvalue weighted by molar-refractivity contribution is 1.32. The Kier molecular flexibility index (Phi) is 9.03. The van der Waals surface area contributed by atoms with Gasteiger partial charge in [0.1, 0.15) is 0 Å². The fraction of sp³-hybridized carbons (Fsp3) is 0. The largest absolute Gasteiger partial charge is 0.248 e. The topological polar surface area (TPSA) is 12.9 Å². The molecule has 0 radical (unpaired) electrons. The first-order chi connectivity index (χ1) is 26.7. The number of nitrogens with zero attached hydrogens (tertiary/aromatic N) is 1. The third-order valence-corrected chi connectivity index (χ3v) is 10.1. The number of pyridine rings is 1. The van der Waals surface area contributed by atoms with Crippen LogP contribution in [0.25, 0.3) is 89.3 Å². The van der Waals surface area contributed by atoms with Crippen LogP contribution in [0.2, 0.25) is 0 Å². The Morgan fingerprint density at radius 2 is 0.407 bits per heavy atom. The Bertz CT molecular complexity index is 2550. The van der Waals surface area contributed by atoms with E-state index >= 15 is 0 Å². The third-order valence-electron chi connectivity index (χ3n) is 10.1. The highest BCUT2D eigenvalue weighted by Gasteiger charge is 2.12. The van der Waals surface area contributed by atoms with Crippen molar-refractivity contribution in [2.45, 2.75) is 0 Å². The van der Waals surface area contributed by atoms with Crippen LogP contribution in [0.3, 0.4) is 0 Å². The van der Waals surface area contributed by atoms with Crippen molar-refractivity contribution in [3.8, 4) is 89.3 Å². The Balaban J connectivity index is 1.04. The Morgan fingerprint density at radius 1 is 0.167 bits per heavy atom. The molecule has 1 heteroatoms. The van der Waals surface area contributed by atoms with E-state index in [1.807, 2.05) is 12.1 Å². The van der Waals surface area contributed by atoms with Crippen LogP contribution in [0.4, 0.5) is 0 Å². The van der Waals surface area contributed by atoms with E-state index in [0.717, 1.165) is 33.6 Å². The minimum atomic E-state index is 0.964. The van der Waals surface area contributed by atoms with E-state index in [1.165, 1.54) is 55.6 Å². The van der Waals surface area contributed by atoms with Crippen LogP contribution in [0.1, 0.15) is 0 Å². The highest BCUT2D eigenvalue weighted by molar-refractivity contribution is 5.84. The van der Waals surface area contributed by atoms with Crippen molar-refractivity contribution in [1.82, 2.24) is 4.98 Å². The van der Waals surface area contributed by atoms with Gasteiger partial charge in [0.25, 0.3) is 0 Å². The van der Waals surface area contributed by atoms with Gasteiger partial charge in [-0.05, 0) is 109 Å². The first-order valence-electron chi connectivity index (χ1n) is 18.4. The molecule has 1 nitrogen and oxygen atoms in total. The molecule has 0 spiro atoms. The van der Waals surface area contributed by atoms with E-state index in [-0.39, 0.29) is 0 Å². The molecule has 1 heterocycles. The summed E-state index contributed by atoms with van der Waals surface area (Å²) in [5.74, 6) is 0.